The predicted molar refractivity (Wildman–Crippen MR) is 56.4 cm³/mol. The molecule has 0 saturated carbocycles. The van der Waals surface area contributed by atoms with Crippen molar-refractivity contribution in [2.45, 2.75) is 0 Å². The Morgan fingerprint density at radius 3 is 1.87 bits per heavy atom. The average Bonchev–Trinajstić information content (AvgIpc) is 2.15. The van der Waals surface area contributed by atoms with Gasteiger partial charge in [0.05, 0.1) is 18.3 Å². The summed E-state index contributed by atoms with van der Waals surface area (Å²) >= 11 is 0. The summed E-state index contributed by atoms with van der Waals surface area (Å²) in [6.45, 7) is 0.778. The van der Waals surface area contributed by atoms with Crippen LogP contribution in [0, 0.1) is 0 Å². The van der Waals surface area contributed by atoms with Crippen molar-refractivity contribution in [1.29, 1.82) is 0 Å². The molecule has 0 heterocycles. The molecule has 0 amide bonds. The van der Waals surface area contributed by atoms with Crippen LogP contribution in [0.5, 0.6) is 0 Å². The van der Waals surface area contributed by atoms with Crippen LogP contribution in [0.3, 0.4) is 0 Å². The topological polar surface area (TPSA) is 98.1 Å². The van der Waals surface area contributed by atoms with Gasteiger partial charge in [-0.3, -0.25) is 9.45 Å². The van der Waals surface area contributed by atoms with E-state index in [0.717, 1.165) is 12.5 Å². The molecular weight excluding hydrogens is 222 g/mol. The van der Waals surface area contributed by atoms with Crippen LogP contribution < -0.4 is 0 Å². The van der Waals surface area contributed by atoms with Gasteiger partial charge in [-0.25, -0.2) is 0 Å². The molecule has 0 aliphatic rings. The molecule has 0 aliphatic heterocycles. The van der Waals surface area contributed by atoms with Gasteiger partial charge in [0.1, 0.15) is 0 Å². The Kier molecular flexibility index (Phi) is 6.76. The van der Waals surface area contributed by atoms with Crippen molar-refractivity contribution in [3.05, 3.63) is 24.7 Å². The minimum atomic E-state index is -3.98. The first-order valence-corrected chi connectivity index (χ1v) is 5.86. The summed E-state index contributed by atoms with van der Waals surface area (Å²) in [7, 11) is -3.98. The first-order chi connectivity index (χ1) is 6.99. The van der Waals surface area contributed by atoms with Gasteiger partial charge in [0.2, 0.25) is 0 Å². The van der Waals surface area contributed by atoms with E-state index in [-0.39, 0.29) is 12.3 Å². The molecule has 0 aliphatic carbocycles. The summed E-state index contributed by atoms with van der Waals surface area (Å²) in [6.07, 6.45) is 4.55. The molecule has 88 valence electrons. The lowest BCUT2D eigenvalue weighted by Crippen LogP contribution is -2.29. The summed E-state index contributed by atoms with van der Waals surface area (Å²) in [6, 6.07) is 0. The quantitative estimate of drug-likeness (QED) is 0.435. The number of rotatable bonds is 7. The van der Waals surface area contributed by atoms with Crippen LogP contribution in [0.15, 0.2) is 24.7 Å². The predicted octanol–water partition coefficient (Wildman–Crippen LogP) is 0.320. The van der Waals surface area contributed by atoms with Crippen molar-refractivity contribution in [2.75, 3.05) is 25.4 Å². The molecular formula is C8H15NO5S. The van der Waals surface area contributed by atoms with Gasteiger partial charge < -0.3 is 10.2 Å². The molecule has 0 rings (SSSR count). The summed E-state index contributed by atoms with van der Waals surface area (Å²) in [5.74, 6) is -0.383. The Morgan fingerprint density at radius 2 is 1.53 bits per heavy atom. The standard InChI is InChI=1S/C8H15NO5S/c10-6-1-3-9(4-2-7-11)5-8-15(12,13)14/h1-2,6-7,10-11H,3-5,8H2,(H,12,13,14). The van der Waals surface area contributed by atoms with Crippen molar-refractivity contribution in [3.8, 4) is 0 Å². The molecule has 0 saturated heterocycles. The average molecular weight is 237 g/mol. The van der Waals surface area contributed by atoms with Gasteiger partial charge in [0.15, 0.2) is 0 Å². The first kappa shape index (κ1) is 13.9. The third kappa shape index (κ3) is 9.26. The minimum absolute atomic E-state index is 0.119. The Hall–Kier alpha value is -1.05. The van der Waals surface area contributed by atoms with E-state index in [1.165, 1.54) is 12.2 Å². The Morgan fingerprint density at radius 1 is 1.07 bits per heavy atom. The van der Waals surface area contributed by atoms with Gasteiger partial charge >= 0.3 is 0 Å². The van der Waals surface area contributed by atoms with Crippen LogP contribution >= 0.6 is 0 Å². The molecule has 3 N–H and O–H groups in total. The monoisotopic (exact) mass is 237 g/mol. The molecule has 0 aromatic heterocycles. The fourth-order valence-corrected chi connectivity index (χ4v) is 1.38. The molecule has 0 aromatic rings. The lowest BCUT2D eigenvalue weighted by Gasteiger charge is -2.17. The number of hydrogen-bond acceptors (Lipinski definition) is 5. The SMILES string of the molecule is O=S(=O)(O)CCN(CC=CO)CC=CO. The zero-order chi connectivity index (χ0) is 11.7. The highest BCUT2D eigenvalue weighted by molar-refractivity contribution is 7.85. The maximum Gasteiger partial charge on any atom is 0.266 e. The molecule has 0 spiro atoms. The van der Waals surface area contributed by atoms with Gasteiger partial charge in [-0.2, -0.15) is 8.42 Å². The van der Waals surface area contributed by atoms with Gasteiger partial charge in [0, 0.05) is 19.6 Å². The van der Waals surface area contributed by atoms with E-state index in [4.69, 9.17) is 14.8 Å². The van der Waals surface area contributed by atoms with Crippen LogP contribution in [-0.2, 0) is 10.1 Å². The Bertz CT molecular complexity index is 295. The number of aliphatic hydroxyl groups excluding tert-OH is 2. The van der Waals surface area contributed by atoms with Crippen LogP contribution in [0.25, 0.3) is 0 Å². The number of aliphatic hydroxyl groups is 2. The fraction of sp³-hybridized carbons (Fsp3) is 0.500. The Labute approximate surface area is 88.9 Å². The normalized spacial score (nSPS) is 13.2. The largest absolute Gasteiger partial charge is 0.516 e. The third-order valence-corrected chi connectivity index (χ3v) is 2.30. The molecule has 0 fully saturated rings. The van der Waals surface area contributed by atoms with Gasteiger partial charge in [-0.15, -0.1) is 0 Å². The molecule has 0 atom stereocenters. The van der Waals surface area contributed by atoms with Gasteiger partial charge in [0.25, 0.3) is 10.1 Å². The second kappa shape index (κ2) is 7.27. The molecule has 6 nitrogen and oxygen atoms in total. The van der Waals surface area contributed by atoms with E-state index in [0.29, 0.717) is 13.1 Å². The van der Waals surface area contributed by atoms with Crippen LogP contribution in [0.4, 0.5) is 0 Å². The number of hydrogen-bond donors (Lipinski definition) is 3. The summed E-state index contributed by atoms with van der Waals surface area (Å²) in [5.41, 5.74) is 0. The summed E-state index contributed by atoms with van der Waals surface area (Å²) in [5, 5.41) is 16.9. The highest BCUT2D eigenvalue weighted by atomic mass is 32.2. The van der Waals surface area contributed by atoms with Crippen molar-refractivity contribution in [1.82, 2.24) is 4.90 Å². The first-order valence-electron chi connectivity index (χ1n) is 4.25. The van der Waals surface area contributed by atoms with Crippen molar-refractivity contribution in [2.24, 2.45) is 0 Å². The lowest BCUT2D eigenvalue weighted by atomic mass is 10.4. The highest BCUT2D eigenvalue weighted by Gasteiger charge is 2.08. The maximum absolute atomic E-state index is 10.5. The lowest BCUT2D eigenvalue weighted by molar-refractivity contribution is 0.342. The molecule has 0 unspecified atom stereocenters. The highest BCUT2D eigenvalue weighted by Crippen LogP contribution is 1.93. The third-order valence-electron chi connectivity index (χ3n) is 1.60. The van der Waals surface area contributed by atoms with Gasteiger partial charge in [-0.05, 0) is 12.2 Å². The molecule has 15 heavy (non-hydrogen) atoms. The molecule has 0 radical (unpaired) electrons. The van der Waals surface area contributed by atoms with Crippen LogP contribution in [0.2, 0.25) is 0 Å². The zero-order valence-electron chi connectivity index (χ0n) is 8.15. The van der Waals surface area contributed by atoms with Crippen LogP contribution in [0.1, 0.15) is 0 Å². The Balaban J connectivity index is 4.11. The smallest absolute Gasteiger partial charge is 0.266 e. The zero-order valence-corrected chi connectivity index (χ0v) is 8.97. The summed E-state index contributed by atoms with van der Waals surface area (Å²) < 4.78 is 29.5. The second-order valence-corrected chi connectivity index (χ2v) is 4.39. The van der Waals surface area contributed by atoms with E-state index >= 15 is 0 Å². The molecule has 0 bridgehead atoms. The van der Waals surface area contributed by atoms with Crippen LogP contribution in [-0.4, -0.2) is 53.5 Å². The van der Waals surface area contributed by atoms with Crippen molar-refractivity contribution >= 4 is 10.1 Å². The van der Waals surface area contributed by atoms with E-state index in [2.05, 4.69) is 0 Å². The van der Waals surface area contributed by atoms with E-state index in [1.54, 1.807) is 4.90 Å². The maximum atomic E-state index is 10.5. The second-order valence-electron chi connectivity index (χ2n) is 2.82. The van der Waals surface area contributed by atoms with Crippen molar-refractivity contribution in [3.63, 3.8) is 0 Å². The van der Waals surface area contributed by atoms with E-state index < -0.39 is 10.1 Å². The van der Waals surface area contributed by atoms with Crippen molar-refractivity contribution < 1.29 is 23.2 Å². The molecule has 0 aromatic carbocycles. The summed E-state index contributed by atoms with van der Waals surface area (Å²) in [4.78, 5) is 1.62. The molecule has 7 heteroatoms. The number of nitrogens with zero attached hydrogens (tertiary/aromatic N) is 1. The van der Waals surface area contributed by atoms with Gasteiger partial charge in [-0.1, -0.05) is 0 Å². The van der Waals surface area contributed by atoms with E-state index in [9.17, 15) is 8.42 Å². The van der Waals surface area contributed by atoms with E-state index in [1.807, 2.05) is 0 Å². The fourth-order valence-electron chi connectivity index (χ4n) is 0.894. The minimum Gasteiger partial charge on any atom is -0.516 e.